The summed E-state index contributed by atoms with van der Waals surface area (Å²) in [6.07, 6.45) is 0. The summed E-state index contributed by atoms with van der Waals surface area (Å²) in [7, 11) is -3.41. The van der Waals surface area contributed by atoms with Gasteiger partial charge in [-0.2, -0.15) is 0 Å². The maximum absolute atomic E-state index is 13.6. The molecule has 1 aromatic carbocycles. The van der Waals surface area contributed by atoms with E-state index in [4.69, 9.17) is 15.4 Å². The average molecular weight is 364 g/mol. The summed E-state index contributed by atoms with van der Waals surface area (Å²) in [6.45, 7) is 1.80. The minimum atomic E-state index is -4.33. The molecule has 6 nitrogen and oxygen atoms in total. The Hall–Kier alpha value is -0.970. The Morgan fingerprint density at radius 3 is 2.14 bits per heavy atom. The fraction of sp³-hybridized carbons (Fsp3) is 0.400. The Morgan fingerprint density at radius 2 is 1.71 bits per heavy atom. The SMILES string of the molecule is CCOCCS(=O)(=O)Nc1c(F)cc(S(=O)(=O)Cl)cc1F. The van der Waals surface area contributed by atoms with E-state index in [0.29, 0.717) is 18.7 Å². The van der Waals surface area contributed by atoms with Crippen LogP contribution in [0.15, 0.2) is 17.0 Å². The van der Waals surface area contributed by atoms with Gasteiger partial charge in [-0.3, -0.25) is 4.72 Å². The molecule has 0 saturated carbocycles. The van der Waals surface area contributed by atoms with Crippen LogP contribution in [-0.4, -0.2) is 35.8 Å². The minimum absolute atomic E-state index is 0.150. The highest BCUT2D eigenvalue weighted by Gasteiger charge is 2.21. The first-order chi connectivity index (χ1) is 9.57. The fourth-order valence-electron chi connectivity index (χ4n) is 1.31. The molecule has 0 aliphatic heterocycles. The van der Waals surface area contributed by atoms with Gasteiger partial charge < -0.3 is 4.74 Å². The lowest BCUT2D eigenvalue weighted by Crippen LogP contribution is -2.21. The Morgan fingerprint density at radius 1 is 1.19 bits per heavy atom. The summed E-state index contributed by atoms with van der Waals surface area (Å²) >= 11 is 0. The van der Waals surface area contributed by atoms with Crippen molar-refractivity contribution in [3.8, 4) is 0 Å². The van der Waals surface area contributed by atoms with E-state index in [9.17, 15) is 25.6 Å². The first kappa shape index (κ1) is 18.1. The number of rotatable bonds is 7. The Balaban J connectivity index is 3.05. The van der Waals surface area contributed by atoms with Crippen LogP contribution in [0.2, 0.25) is 0 Å². The van der Waals surface area contributed by atoms with Crippen LogP contribution in [0.25, 0.3) is 0 Å². The van der Waals surface area contributed by atoms with Crippen LogP contribution in [0.4, 0.5) is 14.5 Å². The smallest absolute Gasteiger partial charge is 0.261 e. The van der Waals surface area contributed by atoms with Gasteiger partial charge in [0, 0.05) is 17.3 Å². The number of hydrogen-bond acceptors (Lipinski definition) is 5. The van der Waals surface area contributed by atoms with Crippen LogP contribution < -0.4 is 4.72 Å². The lowest BCUT2D eigenvalue weighted by atomic mass is 10.3. The van der Waals surface area contributed by atoms with Crippen LogP contribution in [0.3, 0.4) is 0 Å². The molecule has 120 valence electrons. The van der Waals surface area contributed by atoms with Gasteiger partial charge in [0.15, 0.2) is 11.6 Å². The molecule has 0 saturated heterocycles. The summed E-state index contributed by atoms with van der Waals surface area (Å²) in [5.41, 5.74) is -0.976. The van der Waals surface area contributed by atoms with Crippen molar-refractivity contribution >= 4 is 35.4 Å². The van der Waals surface area contributed by atoms with Crippen LogP contribution in [0.5, 0.6) is 0 Å². The third-order valence-corrected chi connectivity index (χ3v) is 4.81. The summed E-state index contributed by atoms with van der Waals surface area (Å²) < 4.78 is 79.0. The van der Waals surface area contributed by atoms with Crippen molar-refractivity contribution < 1.29 is 30.4 Å². The van der Waals surface area contributed by atoms with E-state index in [1.807, 2.05) is 0 Å². The molecule has 0 spiro atoms. The second-order valence-corrected chi connectivity index (χ2v) is 8.23. The van der Waals surface area contributed by atoms with Crippen molar-refractivity contribution in [3.05, 3.63) is 23.8 Å². The summed E-state index contributed by atoms with van der Waals surface area (Å²) in [6, 6.07) is 0.845. The number of nitrogens with one attached hydrogen (secondary N) is 1. The Labute approximate surface area is 125 Å². The predicted molar refractivity (Wildman–Crippen MR) is 73.3 cm³/mol. The molecular weight excluding hydrogens is 352 g/mol. The number of halogens is 3. The molecule has 0 aromatic heterocycles. The van der Waals surface area contributed by atoms with E-state index in [2.05, 4.69) is 0 Å². The third kappa shape index (κ3) is 5.38. The zero-order valence-electron chi connectivity index (χ0n) is 10.8. The van der Waals surface area contributed by atoms with Gasteiger partial charge in [0.2, 0.25) is 10.0 Å². The standard InChI is InChI=1S/C10H12ClF2NO5S2/c1-2-19-3-4-20(15,16)14-10-8(12)5-7(6-9(10)13)21(11,17)18/h5-6,14H,2-4H2,1H3. The molecule has 0 amide bonds. The van der Waals surface area contributed by atoms with Gasteiger partial charge in [-0.1, -0.05) is 0 Å². The molecular formula is C10H12ClF2NO5S2. The number of benzene rings is 1. The van der Waals surface area contributed by atoms with E-state index in [1.54, 1.807) is 11.6 Å². The molecule has 0 fully saturated rings. The largest absolute Gasteiger partial charge is 0.381 e. The van der Waals surface area contributed by atoms with Crippen LogP contribution >= 0.6 is 10.7 Å². The normalized spacial score (nSPS) is 12.4. The van der Waals surface area contributed by atoms with Gasteiger partial charge in [0.1, 0.15) is 5.69 Å². The number of sulfonamides is 1. The van der Waals surface area contributed by atoms with Gasteiger partial charge in [-0.05, 0) is 19.1 Å². The molecule has 1 rings (SSSR count). The van der Waals surface area contributed by atoms with Gasteiger partial charge >= 0.3 is 0 Å². The van der Waals surface area contributed by atoms with Gasteiger partial charge in [-0.25, -0.2) is 25.6 Å². The summed E-state index contributed by atoms with van der Waals surface area (Å²) in [5.74, 6) is -3.29. The van der Waals surface area contributed by atoms with E-state index in [-0.39, 0.29) is 6.61 Å². The molecule has 1 aromatic rings. The predicted octanol–water partition coefficient (Wildman–Crippen LogP) is 1.67. The Bertz CT molecular complexity index is 698. The van der Waals surface area contributed by atoms with Gasteiger partial charge in [0.05, 0.1) is 17.3 Å². The molecule has 0 radical (unpaired) electrons. The highest BCUT2D eigenvalue weighted by molar-refractivity contribution is 8.13. The third-order valence-electron chi connectivity index (χ3n) is 2.26. The maximum atomic E-state index is 13.6. The van der Waals surface area contributed by atoms with E-state index in [0.717, 1.165) is 0 Å². The molecule has 0 heterocycles. The molecule has 0 aliphatic rings. The monoisotopic (exact) mass is 363 g/mol. The van der Waals surface area contributed by atoms with Gasteiger partial charge in [0.25, 0.3) is 9.05 Å². The molecule has 0 atom stereocenters. The van der Waals surface area contributed by atoms with Crippen LogP contribution in [0, 0.1) is 11.6 Å². The molecule has 0 aliphatic carbocycles. The van der Waals surface area contributed by atoms with E-state index in [1.165, 1.54) is 0 Å². The topological polar surface area (TPSA) is 89.5 Å². The second kappa shape index (κ2) is 6.86. The second-order valence-electron chi connectivity index (χ2n) is 3.82. The zero-order valence-corrected chi connectivity index (χ0v) is 13.2. The van der Waals surface area contributed by atoms with Crippen molar-refractivity contribution in [2.45, 2.75) is 11.8 Å². The highest BCUT2D eigenvalue weighted by Crippen LogP contribution is 2.26. The van der Waals surface area contributed by atoms with Crippen molar-refractivity contribution in [3.63, 3.8) is 0 Å². The minimum Gasteiger partial charge on any atom is -0.381 e. The van der Waals surface area contributed by atoms with Crippen molar-refractivity contribution in [2.24, 2.45) is 0 Å². The summed E-state index contributed by atoms with van der Waals surface area (Å²) in [4.78, 5) is -0.809. The van der Waals surface area contributed by atoms with Crippen molar-refractivity contribution in [1.82, 2.24) is 0 Å². The Kier molecular flexibility index (Phi) is 5.91. The number of ether oxygens (including phenoxy) is 1. The first-order valence-corrected chi connectivity index (χ1v) is 9.55. The number of anilines is 1. The molecule has 1 N–H and O–H groups in total. The lowest BCUT2D eigenvalue weighted by Gasteiger charge is -2.10. The molecule has 21 heavy (non-hydrogen) atoms. The molecule has 11 heteroatoms. The van der Waals surface area contributed by atoms with Gasteiger partial charge in [-0.15, -0.1) is 0 Å². The molecule has 0 bridgehead atoms. The van der Waals surface area contributed by atoms with E-state index < -0.39 is 47.0 Å². The molecule has 0 unspecified atom stereocenters. The lowest BCUT2D eigenvalue weighted by molar-refractivity contribution is 0.163. The van der Waals surface area contributed by atoms with Crippen molar-refractivity contribution in [2.75, 3.05) is 23.7 Å². The van der Waals surface area contributed by atoms with Crippen LogP contribution in [0.1, 0.15) is 6.92 Å². The zero-order chi connectivity index (χ0) is 16.3. The average Bonchev–Trinajstić information content (AvgIpc) is 2.32. The maximum Gasteiger partial charge on any atom is 0.261 e. The fourth-order valence-corrected chi connectivity index (χ4v) is 3.01. The van der Waals surface area contributed by atoms with Crippen molar-refractivity contribution in [1.29, 1.82) is 0 Å². The highest BCUT2D eigenvalue weighted by atomic mass is 35.7. The number of hydrogen-bond donors (Lipinski definition) is 1. The summed E-state index contributed by atoms with van der Waals surface area (Å²) in [5, 5.41) is 0. The quantitative estimate of drug-likeness (QED) is 0.588. The van der Waals surface area contributed by atoms with E-state index >= 15 is 0 Å². The first-order valence-electron chi connectivity index (χ1n) is 5.59. The van der Waals surface area contributed by atoms with Crippen LogP contribution in [-0.2, 0) is 23.8 Å².